The first-order valence-corrected chi connectivity index (χ1v) is 7.17. The summed E-state index contributed by atoms with van der Waals surface area (Å²) in [7, 11) is 1.83. The third kappa shape index (κ3) is 3.37. The van der Waals surface area contributed by atoms with Crippen LogP contribution in [-0.4, -0.2) is 18.6 Å². The van der Waals surface area contributed by atoms with E-state index in [0.717, 1.165) is 23.3 Å². The van der Waals surface area contributed by atoms with Crippen molar-refractivity contribution in [2.45, 2.75) is 20.8 Å². The van der Waals surface area contributed by atoms with Crippen LogP contribution in [-0.2, 0) is 0 Å². The Morgan fingerprint density at radius 2 is 2.05 bits per heavy atom. The smallest absolute Gasteiger partial charge is 0.103 e. The van der Waals surface area contributed by atoms with Gasteiger partial charge in [-0.3, -0.25) is 4.98 Å². The molecular formula is C16H19ClN4. The second kappa shape index (κ2) is 5.79. The summed E-state index contributed by atoms with van der Waals surface area (Å²) in [5, 5.41) is 17.2. The molecule has 2 aromatic rings. The number of hydrogen-bond donors (Lipinski definition) is 2. The van der Waals surface area contributed by atoms with Crippen molar-refractivity contribution in [3.63, 3.8) is 0 Å². The molecular weight excluding hydrogens is 284 g/mol. The number of nitrogens with one attached hydrogen (secondary N) is 2. The van der Waals surface area contributed by atoms with Gasteiger partial charge >= 0.3 is 0 Å². The van der Waals surface area contributed by atoms with Crippen molar-refractivity contribution in [3.8, 4) is 6.07 Å². The molecule has 0 saturated heterocycles. The Hall–Kier alpha value is -1.99. The Morgan fingerprint density at radius 1 is 1.33 bits per heavy atom. The van der Waals surface area contributed by atoms with E-state index in [0.29, 0.717) is 16.1 Å². The largest absolute Gasteiger partial charge is 0.388 e. The van der Waals surface area contributed by atoms with Gasteiger partial charge in [-0.05, 0) is 17.5 Å². The zero-order chi connectivity index (χ0) is 15.6. The Kier molecular flexibility index (Phi) is 4.24. The van der Waals surface area contributed by atoms with E-state index < -0.39 is 0 Å². The Labute approximate surface area is 130 Å². The monoisotopic (exact) mass is 302 g/mol. The zero-order valence-electron chi connectivity index (χ0n) is 12.7. The lowest BCUT2D eigenvalue weighted by atomic mass is 9.96. The first kappa shape index (κ1) is 15.4. The van der Waals surface area contributed by atoms with Crippen molar-refractivity contribution < 1.29 is 0 Å². The number of pyridine rings is 1. The number of anilines is 2. The van der Waals surface area contributed by atoms with Crippen LogP contribution in [0.15, 0.2) is 18.3 Å². The van der Waals surface area contributed by atoms with Gasteiger partial charge in [0.05, 0.1) is 21.8 Å². The van der Waals surface area contributed by atoms with E-state index in [4.69, 9.17) is 11.6 Å². The minimum absolute atomic E-state index is 0.104. The van der Waals surface area contributed by atoms with Gasteiger partial charge in [0.25, 0.3) is 0 Å². The predicted octanol–water partition coefficient (Wildman–Crippen LogP) is 4.26. The third-order valence-electron chi connectivity index (χ3n) is 3.13. The number of benzene rings is 1. The van der Waals surface area contributed by atoms with Crippen LogP contribution in [0, 0.1) is 16.7 Å². The lowest BCUT2D eigenvalue weighted by molar-refractivity contribution is 0.443. The van der Waals surface area contributed by atoms with E-state index in [1.807, 2.05) is 19.2 Å². The molecule has 1 heterocycles. The molecule has 0 amide bonds. The molecule has 110 valence electrons. The Bertz CT molecular complexity index is 711. The number of halogens is 1. The predicted molar refractivity (Wildman–Crippen MR) is 89.0 cm³/mol. The minimum atomic E-state index is 0.104. The molecule has 0 aliphatic heterocycles. The van der Waals surface area contributed by atoms with Gasteiger partial charge in [0.2, 0.25) is 0 Å². The Balaban J connectivity index is 2.63. The summed E-state index contributed by atoms with van der Waals surface area (Å²) in [6.45, 7) is 7.17. The van der Waals surface area contributed by atoms with Crippen LogP contribution in [0.25, 0.3) is 10.9 Å². The van der Waals surface area contributed by atoms with Gasteiger partial charge < -0.3 is 10.6 Å². The number of aromatic nitrogens is 1. The molecule has 0 spiro atoms. The van der Waals surface area contributed by atoms with Crippen LogP contribution in [0.4, 0.5) is 11.4 Å². The molecule has 1 aromatic heterocycles. The molecule has 2 rings (SSSR count). The van der Waals surface area contributed by atoms with Crippen molar-refractivity contribution in [2.75, 3.05) is 24.2 Å². The van der Waals surface area contributed by atoms with Gasteiger partial charge in [-0.15, -0.1) is 0 Å². The molecule has 2 N–H and O–H groups in total. The molecule has 0 aliphatic rings. The second-order valence-corrected chi connectivity index (χ2v) is 6.58. The molecule has 0 atom stereocenters. The van der Waals surface area contributed by atoms with E-state index in [9.17, 15) is 5.26 Å². The van der Waals surface area contributed by atoms with Crippen LogP contribution in [0.1, 0.15) is 26.3 Å². The normalized spacial score (nSPS) is 11.2. The number of nitrogens with zero attached hydrogens (tertiary/aromatic N) is 2. The average molecular weight is 303 g/mol. The first-order chi connectivity index (χ1) is 9.85. The average Bonchev–Trinajstić information content (AvgIpc) is 2.43. The van der Waals surface area contributed by atoms with Crippen molar-refractivity contribution in [1.29, 1.82) is 5.26 Å². The lowest BCUT2D eigenvalue weighted by Gasteiger charge is -2.21. The minimum Gasteiger partial charge on any atom is -0.388 e. The van der Waals surface area contributed by atoms with E-state index in [2.05, 4.69) is 42.5 Å². The van der Waals surface area contributed by atoms with Crippen LogP contribution in [0.3, 0.4) is 0 Å². The number of fused-ring (bicyclic) bond motifs is 1. The molecule has 5 heteroatoms. The van der Waals surface area contributed by atoms with E-state index in [1.165, 1.54) is 0 Å². The number of hydrogen-bond acceptors (Lipinski definition) is 4. The fraction of sp³-hybridized carbons (Fsp3) is 0.375. The van der Waals surface area contributed by atoms with Crippen molar-refractivity contribution in [3.05, 3.63) is 28.9 Å². The number of rotatable bonds is 3. The summed E-state index contributed by atoms with van der Waals surface area (Å²) < 4.78 is 0. The molecule has 0 saturated carbocycles. The first-order valence-electron chi connectivity index (χ1n) is 6.79. The lowest BCUT2D eigenvalue weighted by Crippen LogP contribution is -2.19. The van der Waals surface area contributed by atoms with Crippen molar-refractivity contribution in [1.82, 2.24) is 4.98 Å². The van der Waals surface area contributed by atoms with Gasteiger partial charge in [0.15, 0.2) is 0 Å². The standard InChI is InChI=1S/C16H19ClN4/c1-16(2,3)9-21-14-10(7-18)8-20-15-12(14)5-11(19-4)6-13(15)17/h5-6,8,19H,9H2,1-4H3,(H,20,21). The highest BCUT2D eigenvalue weighted by atomic mass is 35.5. The Morgan fingerprint density at radius 3 is 2.62 bits per heavy atom. The molecule has 21 heavy (non-hydrogen) atoms. The summed E-state index contributed by atoms with van der Waals surface area (Å²) in [5.41, 5.74) is 3.01. The van der Waals surface area contributed by atoms with Crippen LogP contribution < -0.4 is 10.6 Å². The third-order valence-corrected chi connectivity index (χ3v) is 3.42. The molecule has 4 nitrogen and oxygen atoms in total. The maximum atomic E-state index is 9.32. The van der Waals surface area contributed by atoms with Crippen LogP contribution in [0.5, 0.6) is 0 Å². The van der Waals surface area contributed by atoms with Crippen LogP contribution in [0.2, 0.25) is 5.02 Å². The van der Waals surface area contributed by atoms with Gasteiger partial charge in [-0.1, -0.05) is 32.4 Å². The maximum Gasteiger partial charge on any atom is 0.103 e. The van der Waals surface area contributed by atoms with E-state index in [-0.39, 0.29) is 5.41 Å². The molecule has 0 unspecified atom stereocenters. The summed E-state index contributed by atoms with van der Waals surface area (Å²) in [4.78, 5) is 4.31. The summed E-state index contributed by atoms with van der Waals surface area (Å²) >= 11 is 6.29. The molecule has 0 aliphatic carbocycles. The fourth-order valence-electron chi connectivity index (χ4n) is 2.03. The molecule has 0 bridgehead atoms. The molecule has 0 radical (unpaired) electrons. The summed E-state index contributed by atoms with van der Waals surface area (Å²) in [6, 6.07) is 5.98. The highest BCUT2D eigenvalue weighted by Crippen LogP contribution is 2.33. The topological polar surface area (TPSA) is 60.7 Å². The van der Waals surface area contributed by atoms with E-state index in [1.54, 1.807) is 6.20 Å². The fourth-order valence-corrected chi connectivity index (χ4v) is 2.30. The highest BCUT2D eigenvalue weighted by molar-refractivity contribution is 6.35. The summed E-state index contributed by atoms with van der Waals surface area (Å²) in [6.07, 6.45) is 1.57. The number of nitriles is 1. The summed E-state index contributed by atoms with van der Waals surface area (Å²) in [5.74, 6) is 0. The molecule has 0 fully saturated rings. The van der Waals surface area contributed by atoms with Crippen molar-refractivity contribution in [2.24, 2.45) is 5.41 Å². The van der Waals surface area contributed by atoms with Gasteiger partial charge in [-0.2, -0.15) is 5.26 Å². The van der Waals surface area contributed by atoms with E-state index >= 15 is 0 Å². The van der Waals surface area contributed by atoms with Gasteiger partial charge in [0, 0.05) is 30.9 Å². The maximum absolute atomic E-state index is 9.32. The second-order valence-electron chi connectivity index (χ2n) is 6.18. The van der Waals surface area contributed by atoms with Crippen molar-refractivity contribution >= 4 is 33.9 Å². The van der Waals surface area contributed by atoms with Gasteiger partial charge in [0.1, 0.15) is 6.07 Å². The van der Waals surface area contributed by atoms with Gasteiger partial charge in [-0.25, -0.2) is 0 Å². The van der Waals surface area contributed by atoms with Crippen LogP contribution >= 0.6 is 11.6 Å². The zero-order valence-corrected chi connectivity index (χ0v) is 13.5. The molecule has 1 aromatic carbocycles. The quantitative estimate of drug-likeness (QED) is 0.889. The SMILES string of the molecule is CNc1cc(Cl)c2ncc(C#N)c(NCC(C)(C)C)c2c1. The highest BCUT2D eigenvalue weighted by Gasteiger charge is 2.15.